The number of piperidine rings is 1. The Balaban J connectivity index is 2.26. The predicted molar refractivity (Wildman–Crippen MR) is 71.2 cm³/mol. The van der Waals surface area contributed by atoms with E-state index in [0.717, 1.165) is 24.9 Å². The second-order valence-electron chi connectivity index (χ2n) is 5.83. The first kappa shape index (κ1) is 12.6. The molecule has 2 unspecified atom stereocenters. The minimum atomic E-state index is 0.509. The normalized spacial score (nSPS) is 25.8. The molecule has 0 bridgehead atoms. The maximum Gasteiger partial charge on any atom is 0.0950 e. The van der Waals surface area contributed by atoms with E-state index in [9.17, 15) is 0 Å². The Morgan fingerprint density at radius 2 is 2.12 bits per heavy atom. The molecule has 1 aromatic rings. The van der Waals surface area contributed by atoms with Gasteiger partial charge in [-0.2, -0.15) is 0 Å². The molecule has 3 heteroatoms. The maximum absolute atomic E-state index is 4.35. The monoisotopic (exact) mass is 235 g/mol. The van der Waals surface area contributed by atoms with E-state index in [1.807, 2.05) is 6.33 Å². The van der Waals surface area contributed by atoms with Crippen molar-refractivity contribution < 1.29 is 0 Å². The quantitative estimate of drug-likeness (QED) is 0.873. The summed E-state index contributed by atoms with van der Waals surface area (Å²) in [6.07, 6.45) is 5.30. The molecule has 1 saturated heterocycles. The third kappa shape index (κ3) is 2.54. The Kier molecular flexibility index (Phi) is 3.87. The molecule has 0 aromatic carbocycles. The number of hydrogen-bond donors (Lipinski definition) is 1. The van der Waals surface area contributed by atoms with Crippen LogP contribution in [0.2, 0.25) is 0 Å². The van der Waals surface area contributed by atoms with Crippen LogP contribution >= 0.6 is 0 Å². The van der Waals surface area contributed by atoms with Crippen LogP contribution in [0, 0.1) is 11.8 Å². The maximum atomic E-state index is 4.35. The van der Waals surface area contributed by atoms with Gasteiger partial charge in [0, 0.05) is 23.9 Å². The lowest BCUT2D eigenvalue weighted by Gasteiger charge is -2.35. The van der Waals surface area contributed by atoms with Crippen LogP contribution in [-0.2, 0) is 0 Å². The Hall–Kier alpha value is -0.830. The fourth-order valence-electron chi connectivity index (χ4n) is 2.98. The number of hydrogen-bond acceptors (Lipinski definition) is 2. The summed E-state index contributed by atoms with van der Waals surface area (Å²) in [5, 5.41) is 3.53. The van der Waals surface area contributed by atoms with Gasteiger partial charge in [0.15, 0.2) is 0 Å². The summed E-state index contributed by atoms with van der Waals surface area (Å²) in [5.41, 5.74) is 1.43. The Bertz CT molecular complexity index is 354. The highest BCUT2D eigenvalue weighted by molar-refractivity contribution is 5.11. The summed E-state index contributed by atoms with van der Waals surface area (Å²) in [7, 11) is 0. The Morgan fingerprint density at radius 1 is 1.35 bits per heavy atom. The zero-order valence-corrected chi connectivity index (χ0v) is 11.5. The Morgan fingerprint density at radius 3 is 2.76 bits per heavy atom. The second-order valence-corrected chi connectivity index (χ2v) is 5.83. The van der Waals surface area contributed by atoms with E-state index in [1.165, 1.54) is 12.1 Å². The molecular formula is C14H25N3. The molecule has 1 fully saturated rings. The smallest absolute Gasteiger partial charge is 0.0950 e. The molecule has 1 N–H and O–H groups in total. The van der Waals surface area contributed by atoms with Gasteiger partial charge in [-0.05, 0) is 45.2 Å². The molecular weight excluding hydrogens is 210 g/mol. The number of rotatable bonds is 3. The topological polar surface area (TPSA) is 29.9 Å². The third-order valence-electron chi connectivity index (χ3n) is 4.02. The average molecular weight is 235 g/mol. The molecule has 0 spiro atoms. The SMILES string of the molecule is CC(C)C1CNCCC1c1cncn1C(C)C. The molecule has 2 atom stereocenters. The summed E-state index contributed by atoms with van der Waals surface area (Å²) in [5.74, 6) is 2.13. The van der Waals surface area contributed by atoms with Crippen molar-refractivity contribution >= 4 is 0 Å². The van der Waals surface area contributed by atoms with Crippen molar-refractivity contribution in [2.75, 3.05) is 13.1 Å². The molecule has 0 aliphatic carbocycles. The minimum absolute atomic E-state index is 0.509. The number of nitrogens with zero attached hydrogens (tertiary/aromatic N) is 2. The summed E-state index contributed by atoms with van der Waals surface area (Å²) in [4.78, 5) is 4.35. The van der Waals surface area contributed by atoms with Crippen molar-refractivity contribution in [3.8, 4) is 0 Å². The second kappa shape index (κ2) is 5.21. The van der Waals surface area contributed by atoms with Gasteiger partial charge in [-0.25, -0.2) is 4.98 Å². The highest BCUT2D eigenvalue weighted by Gasteiger charge is 2.30. The standard InChI is InChI=1S/C14H25N3/c1-10(2)13-7-15-6-5-12(13)14-8-16-9-17(14)11(3)4/h8-13,15H,5-7H2,1-4H3. The lowest BCUT2D eigenvalue weighted by atomic mass is 9.77. The highest BCUT2D eigenvalue weighted by Crippen LogP contribution is 2.35. The van der Waals surface area contributed by atoms with Crippen LogP contribution in [0.5, 0.6) is 0 Å². The lowest BCUT2D eigenvalue weighted by molar-refractivity contribution is 0.245. The van der Waals surface area contributed by atoms with Crippen LogP contribution in [0.15, 0.2) is 12.5 Å². The highest BCUT2D eigenvalue weighted by atomic mass is 15.1. The summed E-state index contributed by atoms with van der Waals surface area (Å²) >= 11 is 0. The minimum Gasteiger partial charge on any atom is -0.332 e. The molecule has 1 aliphatic rings. The van der Waals surface area contributed by atoms with E-state index in [4.69, 9.17) is 0 Å². The van der Waals surface area contributed by atoms with Gasteiger partial charge in [0.25, 0.3) is 0 Å². The van der Waals surface area contributed by atoms with Crippen LogP contribution in [0.3, 0.4) is 0 Å². The van der Waals surface area contributed by atoms with E-state index >= 15 is 0 Å². The van der Waals surface area contributed by atoms with Crippen molar-refractivity contribution in [1.29, 1.82) is 0 Å². The first-order valence-electron chi connectivity index (χ1n) is 6.83. The largest absolute Gasteiger partial charge is 0.332 e. The zero-order valence-electron chi connectivity index (χ0n) is 11.5. The van der Waals surface area contributed by atoms with E-state index in [2.05, 4.69) is 48.8 Å². The van der Waals surface area contributed by atoms with Crippen molar-refractivity contribution in [3.05, 3.63) is 18.2 Å². The van der Waals surface area contributed by atoms with Gasteiger partial charge in [0.1, 0.15) is 0 Å². The van der Waals surface area contributed by atoms with E-state index in [-0.39, 0.29) is 0 Å². The first-order chi connectivity index (χ1) is 8.11. The van der Waals surface area contributed by atoms with Crippen molar-refractivity contribution in [1.82, 2.24) is 14.9 Å². The molecule has 2 rings (SSSR count). The van der Waals surface area contributed by atoms with Gasteiger partial charge in [0.05, 0.1) is 6.33 Å². The first-order valence-corrected chi connectivity index (χ1v) is 6.83. The summed E-state index contributed by atoms with van der Waals surface area (Å²) < 4.78 is 2.34. The molecule has 1 aromatic heterocycles. The van der Waals surface area contributed by atoms with Crippen LogP contribution in [0.1, 0.15) is 51.8 Å². The number of nitrogens with one attached hydrogen (secondary N) is 1. The van der Waals surface area contributed by atoms with Crippen LogP contribution < -0.4 is 5.32 Å². The van der Waals surface area contributed by atoms with E-state index in [1.54, 1.807) is 0 Å². The van der Waals surface area contributed by atoms with Crippen molar-refractivity contribution in [2.45, 2.75) is 46.1 Å². The average Bonchev–Trinajstić information content (AvgIpc) is 2.77. The lowest BCUT2D eigenvalue weighted by Crippen LogP contribution is -2.38. The van der Waals surface area contributed by atoms with E-state index < -0.39 is 0 Å². The fraction of sp³-hybridized carbons (Fsp3) is 0.786. The van der Waals surface area contributed by atoms with Crippen LogP contribution in [0.25, 0.3) is 0 Å². The predicted octanol–water partition coefficient (Wildman–Crippen LogP) is 2.81. The van der Waals surface area contributed by atoms with Crippen LogP contribution in [0.4, 0.5) is 0 Å². The van der Waals surface area contributed by atoms with Gasteiger partial charge in [-0.3, -0.25) is 0 Å². The molecule has 1 aliphatic heterocycles. The van der Waals surface area contributed by atoms with Crippen LogP contribution in [-0.4, -0.2) is 22.6 Å². The molecule has 3 nitrogen and oxygen atoms in total. The van der Waals surface area contributed by atoms with Gasteiger partial charge < -0.3 is 9.88 Å². The Labute approximate surface area is 105 Å². The fourth-order valence-corrected chi connectivity index (χ4v) is 2.98. The van der Waals surface area contributed by atoms with Gasteiger partial charge in [-0.15, -0.1) is 0 Å². The molecule has 0 radical (unpaired) electrons. The molecule has 0 saturated carbocycles. The van der Waals surface area contributed by atoms with E-state index in [0.29, 0.717) is 12.0 Å². The number of imidazole rings is 1. The molecule has 0 amide bonds. The van der Waals surface area contributed by atoms with Crippen molar-refractivity contribution in [3.63, 3.8) is 0 Å². The summed E-state index contributed by atoms with van der Waals surface area (Å²) in [6.45, 7) is 11.4. The summed E-state index contributed by atoms with van der Waals surface area (Å²) in [6, 6.07) is 0.509. The van der Waals surface area contributed by atoms with Gasteiger partial charge >= 0.3 is 0 Å². The number of aromatic nitrogens is 2. The molecule has 2 heterocycles. The van der Waals surface area contributed by atoms with Gasteiger partial charge in [0.2, 0.25) is 0 Å². The molecule has 96 valence electrons. The molecule has 17 heavy (non-hydrogen) atoms. The third-order valence-corrected chi connectivity index (χ3v) is 4.02. The zero-order chi connectivity index (χ0) is 12.4. The van der Waals surface area contributed by atoms with Crippen molar-refractivity contribution in [2.24, 2.45) is 11.8 Å². The van der Waals surface area contributed by atoms with Gasteiger partial charge in [-0.1, -0.05) is 13.8 Å².